The van der Waals surface area contributed by atoms with E-state index in [1.807, 2.05) is 24.3 Å². The molecule has 3 aromatic rings. The molecule has 0 bridgehead atoms. The van der Waals surface area contributed by atoms with Gasteiger partial charge in [-0.25, -0.2) is 4.98 Å². The largest absolute Gasteiger partial charge is 0.348 e. The fraction of sp³-hybridized carbons (Fsp3) is 0.429. The molecule has 1 N–H and O–H groups in total. The third-order valence-corrected chi connectivity index (χ3v) is 7.31. The van der Waals surface area contributed by atoms with Gasteiger partial charge in [0.05, 0.1) is 5.75 Å². The maximum absolute atomic E-state index is 12.8. The van der Waals surface area contributed by atoms with Crippen molar-refractivity contribution < 1.29 is 4.79 Å². The molecule has 1 saturated heterocycles. The van der Waals surface area contributed by atoms with Crippen molar-refractivity contribution in [2.24, 2.45) is 7.05 Å². The van der Waals surface area contributed by atoms with Crippen LogP contribution < -0.4 is 15.8 Å². The number of rotatable bonds is 6. The molecule has 1 aliphatic rings. The Labute approximate surface area is 183 Å². The highest BCUT2D eigenvalue weighted by molar-refractivity contribution is 7.99. The summed E-state index contributed by atoms with van der Waals surface area (Å²) in [5.74, 6) is 0.0376. The maximum Gasteiger partial charge on any atom is 0.273 e. The molecule has 9 heteroatoms. The molecule has 1 fully saturated rings. The van der Waals surface area contributed by atoms with Gasteiger partial charge in [0, 0.05) is 25.8 Å². The summed E-state index contributed by atoms with van der Waals surface area (Å²) in [5, 5.41) is 4.25. The van der Waals surface area contributed by atoms with Gasteiger partial charge >= 0.3 is 0 Å². The predicted octanol–water partition coefficient (Wildman–Crippen LogP) is 3.67. The van der Waals surface area contributed by atoms with Gasteiger partial charge in [0.15, 0.2) is 15.9 Å². The van der Waals surface area contributed by atoms with Crippen molar-refractivity contribution >= 4 is 50.2 Å². The first-order valence-corrected chi connectivity index (χ1v) is 12.0. The Morgan fingerprint density at radius 3 is 2.60 bits per heavy atom. The van der Waals surface area contributed by atoms with Gasteiger partial charge in [-0.3, -0.25) is 14.2 Å². The zero-order chi connectivity index (χ0) is 21.1. The number of amides is 1. The molecule has 0 saturated carbocycles. The topological polar surface area (TPSA) is 80.1 Å². The van der Waals surface area contributed by atoms with Gasteiger partial charge in [-0.15, -0.1) is 0 Å². The van der Waals surface area contributed by atoms with Gasteiger partial charge in [-0.05, 0) is 43.4 Å². The molecule has 0 atom stereocenters. The minimum Gasteiger partial charge on any atom is -0.348 e. The Morgan fingerprint density at radius 2 is 1.90 bits per heavy atom. The lowest BCUT2D eigenvalue weighted by atomic mass is 10.1. The summed E-state index contributed by atoms with van der Waals surface area (Å²) in [7, 11) is 1.69. The monoisotopic (exact) mass is 443 g/mol. The van der Waals surface area contributed by atoms with Crippen molar-refractivity contribution in [1.29, 1.82) is 0 Å². The van der Waals surface area contributed by atoms with Crippen molar-refractivity contribution in [2.75, 3.05) is 29.1 Å². The summed E-state index contributed by atoms with van der Waals surface area (Å²) in [6.45, 7) is 4.04. The van der Waals surface area contributed by atoms with Gasteiger partial charge in [0.1, 0.15) is 4.70 Å². The van der Waals surface area contributed by atoms with Crippen LogP contribution in [0.4, 0.5) is 10.8 Å². The lowest BCUT2D eigenvalue weighted by Gasteiger charge is -2.25. The molecule has 2 aromatic heterocycles. The van der Waals surface area contributed by atoms with Crippen LogP contribution in [0.2, 0.25) is 0 Å². The van der Waals surface area contributed by atoms with Gasteiger partial charge in [0.2, 0.25) is 5.91 Å². The van der Waals surface area contributed by atoms with Gasteiger partial charge in [-0.2, -0.15) is 4.98 Å². The van der Waals surface area contributed by atoms with E-state index in [-0.39, 0.29) is 17.2 Å². The number of hydrogen-bond acceptors (Lipinski definition) is 7. The highest BCUT2D eigenvalue weighted by atomic mass is 32.2. The van der Waals surface area contributed by atoms with Crippen molar-refractivity contribution in [2.45, 2.75) is 37.8 Å². The second kappa shape index (κ2) is 9.18. The minimum atomic E-state index is -0.133. The molecular formula is C21H25N5O2S2. The van der Waals surface area contributed by atoms with Gasteiger partial charge in [-0.1, -0.05) is 42.2 Å². The molecule has 1 amide bonds. The van der Waals surface area contributed by atoms with Crippen LogP contribution in [0, 0.1) is 0 Å². The summed E-state index contributed by atoms with van der Waals surface area (Å²) < 4.78 is 2.08. The van der Waals surface area contributed by atoms with E-state index in [1.165, 1.54) is 39.7 Å². The molecule has 30 heavy (non-hydrogen) atoms. The molecule has 7 nitrogen and oxygen atoms in total. The lowest BCUT2D eigenvalue weighted by molar-refractivity contribution is -0.113. The number of nitrogens with one attached hydrogen (secondary N) is 1. The zero-order valence-corrected chi connectivity index (χ0v) is 18.8. The molecule has 0 radical (unpaired) electrons. The summed E-state index contributed by atoms with van der Waals surface area (Å²) in [6, 6.07) is 7.81. The number of piperidine rings is 1. The first-order chi connectivity index (χ1) is 14.5. The van der Waals surface area contributed by atoms with E-state index >= 15 is 0 Å². The standard InChI is InChI=1S/C21H25N5O2S2/c1-3-14-7-9-15(10-8-14)22-16(27)13-29-20-23-18-17(19(28)25(20)2)30-21(24-18)26-11-5-4-6-12-26/h7-10H,3-6,11-13H2,1-2H3,(H,22,27). The van der Waals surface area contributed by atoms with E-state index in [9.17, 15) is 9.59 Å². The number of hydrogen-bond donors (Lipinski definition) is 1. The lowest BCUT2D eigenvalue weighted by Crippen LogP contribution is -2.29. The van der Waals surface area contributed by atoms with E-state index in [0.717, 1.165) is 43.2 Å². The Morgan fingerprint density at radius 1 is 1.17 bits per heavy atom. The van der Waals surface area contributed by atoms with E-state index in [0.29, 0.717) is 15.5 Å². The van der Waals surface area contributed by atoms with Crippen LogP contribution in [0.25, 0.3) is 10.3 Å². The average Bonchev–Trinajstić information content (AvgIpc) is 3.21. The van der Waals surface area contributed by atoms with Crippen molar-refractivity contribution in [1.82, 2.24) is 14.5 Å². The Kier molecular flexibility index (Phi) is 6.38. The van der Waals surface area contributed by atoms with Crippen LogP contribution in [0.5, 0.6) is 0 Å². The zero-order valence-electron chi connectivity index (χ0n) is 17.2. The van der Waals surface area contributed by atoms with E-state index < -0.39 is 0 Å². The molecule has 4 rings (SSSR count). The maximum atomic E-state index is 12.8. The SMILES string of the molecule is CCc1ccc(NC(=O)CSc2nc3nc(N4CCCCC4)sc3c(=O)n2C)cc1. The van der Waals surface area contributed by atoms with Crippen molar-refractivity contribution in [3.63, 3.8) is 0 Å². The fourth-order valence-corrected chi connectivity index (χ4v) is 5.21. The molecule has 0 unspecified atom stereocenters. The summed E-state index contributed by atoms with van der Waals surface area (Å²) in [6.07, 6.45) is 4.51. The molecule has 1 aliphatic heterocycles. The van der Waals surface area contributed by atoms with E-state index in [2.05, 4.69) is 27.1 Å². The Balaban J connectivity index is 1.47. The van der Waals surface area contributed by atoms with Crippen LogP contribution in [0.1, 0.15) is 31.7 Å². The third kappa shape index (κ3) is 4.52. The molecule has 0 spiro atoms. The van der Waals surface area contributed by atoms with Gasteiger partial charge in [0.25, 0.3) is 5.56 Å². The van der Waals surface area contributed by atoms with Gasteiger partial charge < -0.3 is 10.2 Å². The number of aromatic nitrogens is 3. The van der Waals surface area contributed by atoms with Crippen LogP contribution in [0.3, 0.4) is 0 Å². The number of thiazole rings is 1. The molecule has 3 heterocycles. The van der Waals surface area contributed by atoms with Crippen molar-refractivity contribution in [3.8, 4) is 0 Å². The smallest absolute Gasteiger partial charge is 0.273 e. The predicted molar refractivity (Wildman–Crippen MR) is 124 cm³/mol. The number of anilines is 2. The summed E-state index contributed by atoms with van der Waals surface area (Å²) in [5.41, 5.74) is 2.35. The number of thioether (sulfide) groups is 1. The third-order valence-electron chi connectivity index (χ3n) is 5.19. The average molecular weight is 444 g/mol. The Bertz CT molecular complexity index is 1100. The highest BCUT2D eigenvalue weighted by Gasteiger charge is 2.19. The second-order valence-electron chi connectivity index (χ2n) is 7.34. The molecule has 0 aliphatic carbocycles. The number of aryl methyl sites for hydroxylation is 1. The number of nitrogens with zero attached hydrogens (tertiary/aromatic N) is 4. The molecular weight excluding hydrogens is 418 g/mol. The van der Waals surface area contributed by atoms with E-state index in [1.54, 1.807) is 7.05 Å². The normalized spacial score (nSPS) is 14.3. The fourth-order valence-electron chi connectivity index (χ4n) is 3.42. The van der Waals surface area contributed by atoms with Crippen LogP contribution in [-0.4, -0.2) is 39.3 Å². The number of benzene rings is 1. The summed E-state index contributed by atoms with van der Waals surface area (Å²) in [4.78, 5) is 36.6. The second-order valence-corrected chi connectivity index (χ2v) is 9.26. The minimum absolute atomic E-state index is 0.112. The highest BCUT2D eigenvalue weighted by Crippen LogP contribution is 2.29. The first kappa shape index (κ1) is 20.9. The van der Waals surface area contributed by atoms with Crippen molar-refractivity contribution in [3.05, 3.63) is 40.2 Å². The first-order valence-electron chi connectivity index (χ1n) is 10.2. The molecule has 158 valence electrons. The van der Waals surface area contributed by atoms with Crippen LogP contribution in [0.15, 0.2) is 34.2 Å². The number of carbonyl (C=O) groups excluding carboxylic acids is 1. The number of carbonyl (C=O) groups is 1. The van der Waals surface area contributed by atoms with E-state index in [4.69, 9.17) is 0 Å². The Hall–Kier alpha value is -2.39. The van der Waals surface area contributed by atoms with Crippen LogP contribution in [-0.2, 0) is 18.3 Å². The number of fused-ring (bicyclic) bond motifs is 1. The summed E-state index contributed by atoms with van der Waals surface area (Å²) >= 11 is 2.66. The molecule has 1 aromatic carbocycles. The quantitative estimate of drug-likeness (QED) is 0.462. The van der Waals surface area contributed by atoms with Crippen LogP contribution >= 0.6 is 23.1 Å².